The number of aromatic nitrogens is 1. The molecule has 0 spiro atoms. The Labute approximate surface area is 314 Å². The number of rotatable bonds is 7. The van der Waals surface area contributed by atoms with Gasteiger partial charge in [0.15, 0.2) is 5.58 Å². The van der Waals surface area contributed by atoms with Gasteiger partial charge >= 0.3 is 0 Å². The Morgan fingerprint density at radius 2 is 0.741 bits per heavy atom. The fourth-order valence-corrected chi connectivity index (χ4v) is 7.43. The fraction of sp³-hybridized carbons (Fsp3) is 0. The normalized spacial score (nSPS) is 11.3. The molecule has 2 heterocycles. The van der Waals surface area contributed by atoms with Crippen molar-refractivity contribution in [1.82, 2.24) is 4.98 Å². The average molecular weight is 691 g/mol. The third kappa shape index (κ3) is 5.98. The summed E-state index contributed by atoms with van der Waals surface area (Å²) in [6.07, 6.45) is 1.79. The molecule has 0 aliphatic rings. The SMILES string of the molecule is c1ccc2cc(-c3ccc(N(c4ccc(-c5ccc(-c6cc7ncccc7o6)cc5)cc4)c4ccc(-c5ccc6ccccc6c5)cc4)cc3)ccc2c1. The van der Waals surface area contributed by atoms with Crippen LogP contribution in [-0.4, -0.2) is 4.98 Å². The van der Waals surface area contributed by atoms with Crippen molar-refractivity contribution in [3.05, 3.63) is 206 Å². The molecule has 0 aliphatic heterocycles. The van der Waals surface area contributed by atoms with E-state index < -0.39 is 0 Å². The van der Waals surface area contributed by atoms with Crippen LogP contribution in [0, 0.1) is 0 Å². The summed E-state index contributed by atoms with van der Waals surface area (Å²) >= 11 is 0. The maximum atomic E-state index is 6.06. The van der Waals surface area contributed by atoms with Gasteiger partial charge in [-0.3, -0.25) is 4.98 Å². The van der Waals surface area contributed by atoms with Crippen molar-refractivity contribution in [3.63, 3.8) is 0 Å². The van der Waals surface area contributed by atoms with Crippen molar-refractivity contribution in [2.45, 2.75) is 0 Å². The summed E-state index contributed by atoms with van der Waals surface area (Å²) in [4.78, 5) is 6.75. The summed E-state index contributed by atoms with van der Waals surface area (Å²) in [6.45, 7) is 0. The van der Waals surface area contributed by atoms with E-state index in [2.05, 4.69) is 192 Å². The number of furan rings is 1. The van der Waals surface area contributed by atoms with E-state index >= 15 is 0 Å². The molecule has 0 fully saturated rings. The van der Waals surface area contributed by atoms with Crippen LogP contribution in [0.5, 0.6) is 0 Å². The predicted molar refractivity (Wildman–Crippen MR) is 225 cm³/mol. The van der Waals surface area contributed by atoms with Crippen molar-refractivity contribution in [2.75, 3.05) is 4.90 Å². The van der Waals surface area contributed by atoms with Crippen molar-refractivity contribution in [1.29, 1.82) is 0 Å². The zero-order valence-corrected chi connectivity index (χ0v) is 29.4. The van der Waals surface area contributed by atoms with Crippen LogP contribution in [0.4, 0.5) is 17.1 Å². The first-order valence-electron chi connectivity index (χ1n) is 18.3. The second-order valence-corrected chi connectivity index (χ2v) is 13.7. The van der Waals surface area contributed by atoms with Gasteiger partial charge in [0.1, 0.15) is 11.3 Å². The number of fused-ring (bicyclic) bond motifs is 3. The van der Waals surface area contributed by atoms with E-state index in [1.807, 2.05) is 18.2 Å². The topological polar surface area (TPSA) is 29.3 Å². The minimum absolute atomic E-state index is 0.795. The van der Waals surface area contributed by atoms with Crippen LogP contribution in [0.2, 0.25) is 0 Å². The highest BCUT2D eigenvalue weighted by molar-refractivity contribution is 5.90. The van der Waals surface area contributed by atoms with E-state index in [4.69, 9.17) is 4.42 Å². The lowest BCUT2D eigenvalue weighted by molar-refractivity contribution is 0.631. The van der Waals surface area contributed by atoms with Gasteiger partial charge < -0.3 is 9.32 Å². The van der Waals surface area contributed by atoms with Crippen molar-refractivity contribution < 1.29 is 4.42 Å². The Morgan fingerprint density at radius 1 is 0.333 bits per heavy atom. The third-order valence-electron chi connectivity index (χ3n) is 10.3. The van der Waals surface area contributed by atoms with Crippen LogP contribution in [0.15, 0.2) is 211 Å². The smallest absolute Gasteiger partial charge is 0.153 e. The molecule has 0 bridgehead atoms. The van der Waals surface area contributed by atoms with Gasteiger partial charge in [0, 0.05) is 34.9 Å². The molecular formula is C51H34N2O. The Bertz CT molecular complexity index is 2750. The van der Waals surface area contributed by atoms with Crippen LogP contribution in [0.1, 0.15) is 0 Å². The van der Waals surface area contributed by atoms with Gasteiger partial charge in [-0.2, -0.15) is 0 Å². The molecule has 10 aromatic rings. The Morgan fingerprint density at radius 3 is 1.22 bits per heavy atom. The summed E-state index contributed by atoms with van der Waals surface area (Å²) in [5.41, 5.74) is 13.0. The standard InChI is InChI=1S/C51H34N2O/c1-3-8-42-32-44(17-13-35(42)6-1)39-21-27-47(28-22-39)53(48-29-23-40(24-30-48)45-18-14-36-7-2-4-9-43(36)33-45)46-25-19-38(20-26-46)37-11-15-41(16-12-37)51-34-49-50(54-51)10-5-31-52-49/h1-34H. The minimum atomic E-state index is 0.795. The molecule has 3 heteroatoms. The van der Waals surface area contributed by atoms with Crippen LogP contribution >= 0.6 is 0 Å². The molecule has 0 saturated carbocycles. The molecule has 0 N–H and O–H groups in total. The van der Waals surface area contributed by atoms with Crippen LogP contribution in [0.25, 0.3) is 77.3 Å². The number of nitrogens with zero attached hydrogens (tertiary/aromatic N) is 2. The first-order valence-corrected chi connectivity index (χ1v) is 18.3. The maximum absolute atomic E-state index is 6.06. The first kappa shape index (κ1) is 31.5. The Hall–Kier alpha value is -7.23. The summed E-state index contributed by atoms with van der Waals surface area (Å²) in [5.74, 6) is 0.819. The molecule has 0 radical (unpaired) electrons. The lowest BCUT2D eigenvalue weighted by Gasteiger charge is -2.26. The number of benzene rings is 8. The molecule has 0 unspecified atom stereocenters. The second kappa shape index (κ2) is 13.4. The van der Waals surface area contributed by atoms with E-state index in [9.17, 15) is 0 Å². The van der Waals surface area contributed by atoms with Crippen molar-refractivity contribution >= 4 is 49.7 Å². The van der Waals surface area contributed by atoms with E-state index in [-0.39, 0.29) is 0 Å². The van der Waals surface area contributed by atoms with Gasteiger partial charge in [0.05, 0.1) is 0 Å². The molecule has 0 amide bonds. The zero-order chi connectivity index (χ0) is 35.8. The van der Waals surface area contributed by atoms with Gasteiger partial charge in [-0.1, -0.05) is 133 Å². The molecule has 10 rings (SSSR count). The molecule has 8 aromatic carbocycles. The average Bonchev–Trinajstić information content (AvgIpc) is 3.69. The summed E-state index contributed by atoms with van der Waals surface area (Å²) in [7, 11) is 0. The summed E-state index contributed by atoms with van der Waals surface area (Å²) < 4.78 is 6.06. The van der Waals surface area contributed by atoms with Gasteiger partial charge in [-0.25, -0.2) is 0 Å². The molecule has 2 aromatic heterocycles. The van der Waals surface area contributed by atoms with Crippen LogP contribution in [0.3, 0.4) is 0 Å². The number of pyridine rings is 1. The Kier molecular flexibility index (Phi) is 7.81. The van der Waals surface area contributed by atoms with Crippen LogP contribution in [-0.2, 0) is 0 Å². The molecule has 254 valence electrons. The molecule has 0 saturated heterocycles. The lowest BCUT2D eigenvalue weighted by atomic mass is 10.00. The first-order chi connectivity index (χ1) is 26.7. The molecule has 0 atom stereocenters. The van der Waals surface area contributed by atoms with E-state index in [0.29, 0.717) is 0 Å². The van der Waals surface area contributed by atoms with E-state index in [0.717, 1.165) is 50.6 Å². The van der Waals surface area contributed by atoms with Crippen LogP contribution < -0.4 is 4.90 Å². The largest absolute Gasteiger partial charge is 0.454 e. The second-order valence-electron chi connectivity index (χ2n) is 13.7. The predicted octanol–water partition coefficient (Wildman–Crippen LogP) is 14.3. The summed E-state index contributed by atoms with van der Waals surface area (Å²) in [5, 5.41) is 4.99. The minimum Gasteiger partial charge on any atom is -0.454 e. The third-order valence-corrected chi connectivity index (χ3v) is 10.3. The molecule has 0 aliphatic carbocycles. The lowest BCUT2D eigenvalue weighted by Crippen LogP contribution is -2.09. The molecule has 3 nitrogen and oxygen atoms in total. The van der Waals surface area contributed by atoms with E-state index in [1.54, 1.807) is 6.20 Å². The highest BCUT2D eigenvalue weighted by atomic mass is 16.3. The quantitative estimate of drug-likeness (QED) is 0.167. The summed E-state index contributed by atoms with van der Waals surface area (Å²) in [6, 6.07) is 71.4. The molecular weight excluding hydrogens is 657 g/mol. The monoisotopic (exact) mass is 690 g/mol. The van der Waals surface area contributed by atoms with Gasteiger partial charge in [-0.05, 0) is 116 Å². The van der Waals surface area contributed by atoms with Crippen molar-refractivity contribution in [2.24, 2.45) is 0 Å². The van der Waals surface area contributed by atoms with Gasteiger partial charge in [0.2, 0.25) is 0 Å². The number of hydrogen-bond donors (Lipinski definition) is 0. The molecule has 54 heavy (non-hydrogen) atoms. The van der Waals surface area contributed by atoms with Gasteiger partial charge in [-0.15, -0.1) is 0 Å². The van der Waals surface area contributed by atoms with Crippen molar-refractivity contribution in [3.8, 4) is 44.7 Å². The number of hydrogen-bond acceptors (Lipinski definition) is 3. The highest BCUT2D eigenvalue weighted by Gasteiger charge is 2.15. The maximum Gasteiger partial charge on any atom is 0.153 e. The Balaban J connectivity index is 0.980. The number of anilines is 3. The van der Waals surface area contributed by atoms with E-state index in [1.165, 1.54) is 43.8 Å². The highest BCUT2D eigenvalue weighted by Crippen LogP contribution is 2.38. The fourth-order valence-electron chi connectivity index (χ4n) is 7.43. The zero-order valence-electron chi connectivity index (χ0n) is 29.4. The van der Waals surface area contributed by atoms with Gasteiger partial charge in [0.25, 0.3) is 0 Å².